The Bertz CT molecular complexity index is 1050. The summed E-state index contributed by atoms with van der Waals surface area (Å²) in [6, 6.07) is 17.7. The molecular weight excluding hydrogens is 480 g/mol. The molecule has 0 atom stereocenters. The predicted octanol–water partition coefficient (Wildman–Crippen LogP) is 6.77. The summed E-state index contributed by atoms with van der Waals surface area (Å²) in [5.74, 6) is 2.58. The Hall–Kier alpha value is -3.32. The van der Waals surface area contributed by atoms with Gasteiger partial charge in [-0.05, 0) is 51.3 Å². The summed E-state index contributed by atoms with van der Waals surface area (Å²) in [4.78, 5) is 12.1. The lowest BCUT2D eigenvalue weighted by Gasteiger charge is -2.09. The van der Waals surface area contributed by atoms with Crippen LogP contribution in [0.3, 0.4) is 0 Å². The fraction of sp³-hybridized carbons (Fsp3) is 0.367. The number of benzene rings is 2. The van der Waals surface area contributed by atoms with E-state index in [1.54, 1.807) is 13.4 Å². The molecule has 0 spiro atoms. The summed E-state index contributed by atoms with van der Waals surface area (Å²) < 4.78 is 7.29. The van der Waals surface area contributed by atoms with Crippen LogP contribution in [0.15, 0.2) is 85.2 Å². The van der Waals surface area contributed by atoms with Crippen molar-refractivity contribution in [2.45, 2.75) is 59.4 Å². The standard InChI is InChI=1S/C21H24N4O2.C5H10S.C4H8/c1-27-19-12-6-5-9-17(19)15-22-21(26)14-8-7-13-20-24-23-16-25(20)18-10-3-2-4-11-18;1-3-5(2)4-6;1-3-4-2/h2-6,9-12,16H,7-8,13-15H2,1H3,(H,22,26);6H,2-4H2,1H3;3-4H,1-2H3/b;;4-3-. The van der Waals surface area contributed by atoms with Crippen molar-refractivity contribution in [3.63, 3.8) is 0 Å². The first-order chi connectivity index (χ1) is 18.0. The Morgan fingerprint density at radius 2 is 1.76 bits per heavy atom. The summed E-state index contributed by atoms with van der Waals surface area (Å²) in [5, 5.41) is 11.2. The first-order valence-corrected chi connectivity index (χ1v) is 13.3. The molecule has 1 heterocycles. The van der Waals surface area contributed by atoms with Gasteiger partial charge in [-0.3, -0.25) is 9.36 Å². The van der Waals surface area contributed by atoms with Gasteiger partial charge in [0.15, 0.2) is 0 Å². The number of hydrogen-bond donors (Lipinski definition) is 2. The number of allylic oxidation sites excluding steroid dienone is 2. The monoisotopic (exact) mass is 522 g/mol. The normalized spacial score (nSPS) is 10.1. The molecule has 1 aromatic heterocycles. The lowest BCUT2D eigenvalue weighted by Crippen LogP contribution is -2.22. The minimum atomic E-state index is 0.0467. The number of ether oxygens (including phenoxy) is 1. The summed E-state index contributed by atoms with van der Waals surface area (Å²) in [7, 11) is 1.63. The van der Waals surface area contributed by atoms with Crippen LogP contribution in [-0.2, 0) is 17.8 Å². The maximum absolute atomic E-state index is 12.1. The fourth-order valence-electron chi connectivity index (χ4n) is 3.05. The third-order valence-corrected chi connectivity index (χ3v) is 5.88. The Morgan fingerprint density at radius 1 is 1.08 bits per heavy atom. The number of nitrogens with one attached hydrogen (secondary N) is 1. The van der Waals surface area contributed by atoms with Crippen LogP contribution >= 0.6 is 12.6 Å². The van der Waals surface area contributed by atoms with Crippen molar-refractivity contribution in [1.29, 1.82) is 0 Å². The van der Waals surface area contributed by atoms with Gasteiger partial charge in [0.1, 0.15) is 17.9 Å². The third kappa shape index (κ3) is 13.0. The Kier molecular flexibility index (Phi) is 17.0. The summed E-state index contributed by atoms with van der Waals surface area (Å²) in [5.41, 5.74) is 3.23. The molecule has 200 valence electrons. The van der Waals surface area contributed by atoms with Gasteiger partial charge >= 0.3 is 0 Å². The highest BCUT2D eigenvalue weighted by Gasteiger charge is 2.08. The Balaban J connectivity index is 0.000000583. The Labute approximate surface area is 228 Å². The van der Waals surface area contributed by atoms with Crippen LogP contribution in [0.1, 0.15) is 57.8 Å². The van der Waals surface area contributed by atoms with Crippen LogP contribution in [0, 0.1) is 0 Å². The number of carbonyl (C=O) groups excluding carboxylic acids is 1. The van der Waals surface area contributed by atoms with Crippen LogP contribution < -0.4 is 10.1 Å². The molecule has 1 N–H and O–H groups in total. The zero-order valence-electron chi connectivity index (χ0n) is 22.7. The van der Waals surface area contributed by atoms with Crippen molar-refractivity contribution < 1.29 is 9.53 Å². The van der Waals surface area contributed by atoms with Crippen LogP contribution in [0.5, 0.6) is 5.75 Å². The molecule has 0 aliphatic heterocycles. The second-order valence-corrected chi connectivity index (χ2v) is 8.49. The molecule has 2 aromatic carbocycles. The summed E-state index contributed by atoms with van der Waals surface area (Å²) in [6.45, 7) is 10.3. The second-order valence-electron chi connectivity index (χ2n) is 8.18. The molecule has 0 saturated carbocycles. The molecule has 0 bridgehead atoms. The maximum atomic E-state index is 12.1. The van der Waals surface area contributed by atoms with Crippen molar-refractivity contribution >= 4 is 18.5 Å². The minimum Gasteiger partial charge on any atom is -0.496 e. The number of methoxy groups -OCH3 is 1. The zero-order chi connectivity index (χ0) is 27.3. The SMILES string of the molecule is C/C=C\C.C=C(CC)CS.COc1ccccc1CNC(=O)CCCCc1nncn1-c1ccccc1. The highest BCUT2D eigenvalue weighted by atomic mass is 32.1. The van der Waals surface area contributed by atoms with Gasteiger partial charge in [-0.15, -0.1) is 10.2 Å². The van der Waals surface area contributed by atoms with Crippen molar-refractivity contribution in [1.82, 2.24) is 20.1 Å². The molecule has 0 aliphatic rings. The third-order valence-electron chi connectivity index (χ3n) is 5.43. The maximum Gasteiger partial charge on any atom is 0.220 e. The van der Waals surface area contributed by atoms with Crippen LogP contribution in [0.2, 0.25) is 0 Å². The molecule has 3 rings (SSSR count). The molecule has 3 aromatic rings. The molecule has 0 fully saturated rings. The van der Waals surface area contributed by atoms with Crippen molar-refractivity contribution in [3.8, 4) is 11.4 Å². The van der Waals surface area contributed by atoms with E-state index in [4.69, 9.17) is 4.74 Å². The number of unbranched alkanes of at least 4 members (excludes halogenated alkanes) is 1. The number of hydrogen-bond acceptors (Lipinski definition) is 5. The van der Waals surface area contributed by atoms with Crippen LogP contribution in [0.25, 0.3) is 5.69 Å². The van der Waals surface area contributed by atoms with Gasteiger partial charge in [-0.1, -0.05) is 67.6 Å². The molecule has 0 aliphatic carbocycles. The van der Waals surface area contributed by atoms with E-state index < -0.39 is 0 Å². The number of thiol groups is 1. The van der Waals surface area contributed by atoms with E-state index in [1.165, 1.54) is 5.57 Å². The van der Waals surface area contributed by atoms with Gasteiger partial charge in [-0.25, -0.2) is 0 Å². The first-order valence-electron chi connectivity index (χ1n) is 12.7. The topological polar surface area (TPSA) is 69.0 Å². The number of aromatic nitrogens is 3. The molecule has 0 unspecified atom stereocenters. The van der Waals surface area contributed by atoms with Crippen molar-refractivity contribution in [2.24, 2.45) is 0 Å². The van der Waals surface area contributed by atoms with Crippen molar-refractivity contribution in [3.05, 3.63) is 96.6 Å². The average molecular weight is 523 g/mol. The lowest BCUT2D eigenvalue weighted by atomic mass is 10.1. The predicted molar refractivity (Wildman–Crippen MR) is 158 cm³/mol. The molecule has 0 saturated heterocycles. The molecule has 7 heteroatoms. The number of rotatable bonds is 11. The van der Waals surface area contributed by atoms with E-state index in [9.17, 15) is 4.79 Å². The first kappa shape index (κ1) is 31.7. The highest BCUT2D eigenvalue weighted by Crippen LogP contribution is 2.17. The van der Waals surface area contributed by atoms with Gasteiger partial charge in [-0.2, -0.15) is 12.6 Å². The van der Waals surface area contributed by atoms with E-state index >= 15 is 0 Å². The highest BCUT2D eigenvalue weighted by molar-refractivity contribution is 7.80. The van der Waals surface area contributed by atoms with Crippen LogP contribution in [-0.4, -0.2) is 33.5 Å². The number of para-hydroxylation sites is 2. The smallest absolute Gasteiger partial charge is 0.220 e. The minimum absolute atomic E-state index is 0.0467. The molecular formula is C30H42N4O2S. The summed E-state index contributed by atoms with van der Waals surface area (Å²) in [6.07, 6.45) is 9.75. The number of carbonyl (C=O) groups is 1. The van der Waals surface area contributed by atoms with Gasteiger partial charge in [0.2, 0.25) is 5.91 Å². The lowest BCUT2D eigenvalue weighted by molar-refractivity contribution is -0.121. The molecule has 0 radical (unpaired) electrons. The molecule has 37 heavy (non-hydrogen) atoms. The molecule has 1 amide bonds. The van der Waals surface area contributed by atoms with E-state index in [0.717, 1.165) is 54.3 Å². The number of nitrogens with zero attached hydrogens (tertiary/aromatic N) is 3. The number of aryl methyl sites for hydroxylation is 1. The zero-order valence-corrected chi connectivity index (χ0v) is 23.6. The fourth-order valence-corrected chi connectivity index (χ4v) is 3.27. The van der Waals surface area contributed by atoms with E-state index in [2.05, 4.69) is 41.6 Å². The number of amides is 1. The quantitative estimate of drug-likeness (QED) is 0.166. The van der Waals surface area contributed by atoms with E-state index in [1.807, 2.05) is 85.2 Å². The van der Waals surface area contributed by atoms with Crippen molar-refractivity contribution in [2.75, 3.05) is 12.9 Å². The largest absolute Gasteiger partial charge is 0.496 e. The average Bonchev–Trinajstić information content (AvgIpc) is 3.43. The summed E-state index contributed by atoms with van der Waals surface area (Å²) >= 11 is 4.00. The van der Waals surface area contributed by atoms with Gasteiger partial charge in [0.25, 0.3) is 0 Å². The van der Waals surface area contributed by atoms with Gasteiger partial charge in [0.05, 0.1) is 7.11 Å². The Morgan fingerprint density at radius 3 is 2.35 bits per heavy atom. The van der Waals surface area contributed by atoms with Gasteiger partial charge in [0, 0.05) is 36.4 Å². The van der Waals surface area contributed by atoms with E-state index in [0.29, 0.717) is 13.0 Å². The molecule has 6 nitrogen and oxygen atoms in total. The van der Waals surface area contributed by atoms with Crippen LogP contribution in [0.4, 0.5) is 0 Å². The second kappa shape index (κ2) is 19.8. The van der Waals surface area contributed by atoms with Gasteiger partial charge < -0.3 is 10.1 Å². The van der Waals surface area contributed by atoms with E-state index in [-0.39, 0.29) is 5.91 Å².